The Morgan fingerprint density at radius 1 is 1.25 bits per heavy atom. The molecule has 5 nitrogen and oxygen atoms in total. The summed E-state index contributed by atoms with van der Waals surface area (Å²) in [5.74, 6) is 1.15. The van der Waals surface area contributed by atoms with Gasteiger partial charge in [0, 0.05) is 16.6 Å². The molecule has 0 heterocycles. The molecular weight excluding hydrogens is 442 g/mol. The second-order valence-corrected chi connectivity index (χ2v) is 8.22. The first kappa shape index (κ1) is 22.6. The van der Waals surface area contributed by atoms with E-state index in [9.17, 15) is 9.90 Å². The average Bonchev–Trinajstić information content (AvgIpc) is 2.68. The third kappa shape index (κ3) is 6.43. The van der Waals surface area contributed by atoms with E-state index in [1.165, 1.54) is 5.56 Å². The van der Waals surface area contributed by atoms with Crippen molar-refractivity contribution in [3.63, 3.8) is 0 Å². The molecule has 0 aliphatic carbocycles. The van der Waals surface area contributed by atoms with Gasteiger partial charge in [0.15, 0.2) is 11.5 Å². The first-order valence-electron chi connectivity index (χ1n) is 8.95. The van der Waals surface area contributed by atoms with Crippen LogP contribution in [0.4, 0.5) is 0 Å². The average molecular weight is 468 g/mol. The minimum absolute atomic E-state index is 0.354. The smallest absolute Gasteiger partial charge is 0.320 e. The van der Waals surface area contributed by atoms with Gasteiger partial charge in [-0.1, -0.05) is 45.8 Å². The molecule has 2 rings (SSSR count). The molecule has 0 saturated heterocycles. The highest BCUT2D eigenvalue weighted by Gasteiger charge is 2.20. The lowest BCUT2D eigenvalue weighted by Crippen LogP contribution is -2.36. The number of nitrogens with one attached hydrogen (secondary N) is 1. The van der Waals surface area contributed by atoms with Crippen LogP contribution in [-0.2, 0) is 17.9 Å². The van der Waals surface area contributed by atoms with Gasteiger partial charge >= 0.3 is 5.97 Å². The number of aliphatic carboxylic acids is 1. The summed E-state index contributed by atoms with van der Waals surface area (Å²) in [6, 6.07) is 11.2. The first-order chi connectivity index (χ1) is 13.5. The van der Waals surface area contributed by atoms with Crippen molar-refractivity contribution in [3.8, 4) is 11.5 Å². The van der Waals surface area contributed by atoms with Crippen molar-refractivity contribution in [1.82, 2.24) is 5.32 Å². The summed E-state index contributed by atoms with van der Waals surface area (Å²) >= 11 is 5.19. The molecular formula is C21H26BrNO4S. The summed E-state index contributed by atoms with van der Waals surface area (Å²) in [5, 5.41) is 12.6. The van der Waals surface area contributed by atoms with E-state index in [1.54, 1.807) is 18.9 Å². The van der Waals surface area contributed by atoms with Crippen molar-refractivity contribution >= 4 is 33.7 Å². The van der Waals surface area contributed by atoms with Crippen LogP contribution in [0.25, 0.3) is 0 Å². The number of aryl methyl sites for hydroxylation is 1. The molecule has 2 aromatic rings. The molecule has 0 amide bonds. The van der Waals surface area contributed by atoms with Crippen LogP contribution in [-0.4, -0.2) is 36.2 Å². The molecule has 1 atom stereocenters. The third-order valence-corrected chi connectivity index (χ3v) is 5.71. The van der Waals surface area contributed by atoms with Crippen LogP contribution in [0.1, 0.15) is 23.1 Å². The lowest BCUT2D eigenvalue weighted by molar-refractivity contribution is -0.139. The highest BCUT2D eigenvalue weighted by atomic mass is 79.9. The van der Waals surface area contributed by atoms with Crippen LogP contribution in [0, 0.1) is 6.92 Å². The molecule has 152 valence electrons. The normalized spacial score (nSPS) is 11.9. The highest BCUT2D eigenvalue weighted by molar-refractivity contribution is 9.10. The fourth-order valence-electron chi connectivity index (χ4n) is 2.68. The zero-order chi connectivity index (χ0) is 20.5. The first-order valence-corrected chi connectivity index (χ1v) is 11.1. The number of hydrogen-bond donors (Lipinski definition) is 2. The van der Waals surface area contributed by atoms with Crippen LogP contribution in [0.15, 0.2) is 40.9 Å². The minimum Gasteiger partial charge on any atom is -0.493 e. The van der Waals surface area contributed by atoms with Crippen molar-refractivity contribution in [1.29, 1.82) is 0 Å². The van der Waals surface area contributed by atoms with Gasteiger partial charge < -0.3 is 19.9 Å². The maximum absolute atomic E-state index is 11.5. The topological polar surface area (TPSA) is 67.8 Å². The van der Waals surface area contributed by atoms with Crippen LogP contribution >= 0.6 is 27.7 Å². The lowest BCUT2D eigenvalue weighted by Gasteiger charge is -2.19. The number of benzene rings is 2. The van der Waals surface area contributed by atoms with Gasteiger partial charge in [-0.05, 0) is 43.0 Å². The Bertz CT molecular complexity index is 783. The van der Waals surface area contributed by atoms with Crippen molar-refractivity contribution < 1.29 is 19.4 Å². The van der Waals surface area contributed by atoms with Gasteiger partial charge in [-0.3, -0.25) is 4.79 Å². The number of methoxy groups -OCH3 is 1. The highest BCUT2D eigenvalue weighted by Crippen LogP contribution is 2.37. The van der Waals surface area contributed by atoms with E-state index in [2.05, 4.69) is 21.2 Å². The number of hydrogen-bond acceptors (Lipinski definition) is 5. The fourth-order valence-corrected chi connectivity index (χ4v) is 3.60. The summed E-state index contributed by atoms with van der Waals surface area (Å²) in [4.78, 5) is 11.5. The number of carboxylic acid groups (broad SMARTS) is 1. The van der Waals surface area contributed by atoms with Crippen molar-refractivity contribution in [2.45, 2.75) is 32.5 Å². The molecule has 0 spiro atoms. The predicted molar refractivity (Wildman–Crippen MR) is 117 cm³/mol. The number of carbonyl (C=O) groups is 1. The standard InChI is InChI=1S/C21H26BrNO4S/c1-14-4-6-15(7-5-14)13-27-20-16(17(22)8-9-19(20)26-2)12-23-18(21(24)25)10-11-28-3/h4-9,18,23H,10-13H2,1-3H3,(H,24,25). The summed E-state index contributed by atoms with van der Waals surface area (Å²) in [5.41, 5.74) is 3.08. The molecule has 0 aromatic heterocycles. The summed E-state index contributed by atoms with van der Waals surface area (Å²) < 4.78 is 12.4. The lowest BCUT2D eigenvalue weighted by atomic mass is 10.1. The Kier molecular flexibility index (Phi) is 9.15. The maximum atomic E-state index is 11.5. The Balaban J connectivity index is 2.19. The molecule has 0 saturated carbocycles. The van der Waals surface area contributed by atoms with E-state index in [4.69, 9.17) is 9.47 Å². The van der Waals surface area contributed by atoms with E-state index >= 15 is 0 Å². The van der Waals surface area contributed by atoms with Crippen LogP contribution in [0.3, 0.4) is 0 Å². The van der Waals surface area contributed by atoms with Gasteiger partial charge in [-0.2, -0.15) is 11.8 Å². The molecule has 0 aliphatic rings. The van der Waals surface area contributed by atoms with Crippen molar-refractivity contribution in [3.05, 3.63) is 57.6 Å². The molecule has 1 unspecified atom stereocenters. The van der Waals surface area contributed by atoms with E-state index in [0.717, 1.165) is 21.4 Å². The number of halogens is 1. The largest absolute Gasteiger partial charge is 0.493 e. The SMILES string of the molecule is COc1ccc(Br)c(CNC(CCSC)C(=O)O)c1OCc1ccc(C)cc1. The van der Waals surface area contributed by atoms with Gasteiger partial charge in [0.1, 0.15) is 12.6 Å². The van der Waals surface area contributed by atoms with Crippen LogP contribution in [0.5, 0.6) is 11.5 Å². The Hall–Kier alpha value is -1.70. The molecule has 7 heteroatoms. The quantitative estimate of drug-likeness (QED) is 0.501. The molecule has 0 aliphatic heterocycles. The zero-order valence-electron chi connectivity index (χ0n) is 16.3. The Labute approximate surface area is 178 Å². The predicted octanol–water partition coefficient (Wildman–Crippen LogP) is 4.64. The molecule has 28 heavy (non-hydrogen) atoms. The molecule has 0 bridgehead atoms. The van der Waals surface area contributed by atoms with Crippen LogP contribution < -0.4 is 14.8 Å². The van der Waals surface area contributed by atoms with Gasteiger partial charge in [0.2, 0.25) is 0 Å². The number of thioether (sulfide) groups is 1. The molecule has 0 radical (unpaired) electrons. The summed E-state index contributed by atoms with van der Waals surface area (Å²) in [6.07, 6.45) is 2.52. The molecule has 0 fully saturated rings. The second-order valence-electron chi connectivity index (χ2n) is 6.38. The monoisotopic (exact) mass is 467 g/mol. The maximum Gasteiger partial charge on any atom is 0.320 e. The van der Waals surface area contributed by atoms with Gasteiger partial charge in [-0.25, -0.2) is 0 Å². The van der Waals surface area contributed by atoms with Gasteiger partial charge in [-0.15, -0.1) is 0 Å². The number of carboxylic acids is 1. The summed E-state index contributed by atoms with van der Waals surface area (Å²) in [7, 11) is 1.59. The van der Waals surface area contributed by atoms with Gasteiger partial charge in [0.25, 0.3) is 0 Å². The van der Waals surface area contributed by atoms with Crippen molar-refractivity contribution in [2.24, 2.45) is 0 Å². The second kappa shape index (κ2) is 11.3. The van der Waals surface area contributed by atoms with Crippen LogP contribution in [0.2, 0.25) is 0 Å². The van der Waals surface area contributed by atoms with E-state index in [-0.39, 0.29) is 0 Å². The third-order valence-electron chi connectivity index (χ3n) is 4.32. The van der Waals surface area contributed by atoms with E-state index in [0.29, 0.717) is 31.1 Å². The summed E-state index contributed by atoms with van der Waals surface area (Å²) in [6.45, 7) is 2.79. The Morgan fingerprint density at radius 2 is 1.96 bits per heavy atom. The zero-order valence-corrected chi connectivity index (χ0v) is 18.7. The Morgan fingerprint density at radius 3 is 2.57 bits per heavy atom. The van der Waals surface area contributed by atoms with E-state index in [1.807, 2.05) is 49.6 Å². The number of ether oxygens (including phenoxy) is 2. The number of rotatable bonds is 11. The van der Waals surface area contributed by atoms with Crippen molar-refractivity contribution in [2.75, 3.05) is 19.1 Å². The fraction of sp³-hybridized carbons (Fsp3) is 0.381. The molecule has 2 N–H and O–H groups in total. The molecule has 2 aromatic carbocycles. The minimum atomic E-state index is -0.852. The van der Waals surface area contributed by atoms with E-state index < -0.39 is 12.0 Å². The van der Waals surface area contributed by atoms with Gasteiger partial charge in [0.05, 0.1) is 7.11 Å².